The van der Waals surface area contributed by atoms with Gasteiger partial charge in [-0.05, 0) is 67.9 Å². The van der Waals surface area contributed by atoms with Crippen LogP contribution in [-0.4, -0.2) is 18.1 Å². The van der Waals surface area contributed by atoms with Gasteiger partial charge in [0.2, 0.25) is 0 Å². The minimum absolute atomic E-state index is 0.0251. The highest BCUT2D eigenvalue weighted by Crippen LogP contribution is 2.49. The van der Waals surface area contributed by atoms with Gasteiger partial charge in [-0.1, -0.05) is 18.5 Å². The Morgan fingerprint density at radius 3 is 2.44 bits per heavy atom. The Hall–Kier alpha value is -1.39. The van der Waals surface area contributed by atoms with E-state index in [9.17, 15) is 4.79 Å². The van der Waals surface area contributed by atoms with Crippen molar-refractivity contribution in [1.82, 2.24) is 0 Å². The lowest BCUT2D eigenvalue weighted by Crippen LogP contribution is -2.26. The van der Waals surface area contributed by atoms with Crippen LogP contribution in [0.4, 0.5) is 0 Å². The second kappa shape index (κ2) is 7.08. The molecular formula is C20H23ClO3S. The van der Waals surface area contributed by atoms with Gasteiger partial charge in [-0.2, -0.15) is 0 Å². The van der Waals surface area contributed by atoms with Crippen LogP contribution in [0.1, 0.15) is 42.9 Å². The fraction of sp³-hybridized carbons (Fsp3) is 0.500. The van der Waals surface area contributed by atoms with Gasteiger partial charge in [0, 0.05) is 29.1 Å². The van der Waals surface area contributed by atoms with Gasteiger partial charge in [0.25, 0.3) is 0 Å². The minimum atomic E-state index is -0.0251. The summed E-state index contributed by atoms with van der Waals surface area (Å²) in [7, 11) is 1.48. The number of hydrogen-bond donors (Lipinski definition) is 0. The first kappa shape index (κ1) is 18.4. The number of ether oxygens (including phenoxy) is 2. The molecule has 1 fully saturated rings. The summed E-state index contributed by atoms with van der Waals surface area (Å²) >= 11 is 11.3. The fourth-order valence-corrected chi connectivity index (χ4v) is 4.70. The van der Waals surface area contributed by atoms with Crippen LogP contribution in [0.5, 0.6) is 0 Å². The predicted octanol–water partition coefficient (Wildman–Crippen LogP) is 5.25. The van der Waals surface area contributed by atoms with Gasteiger partial charge >= 0.3 is 5.24 Å². The van der Waals surface area contributed by atoms with E-state index >= 15 is 0 Å². The number of methoxy groups -OCH3 is 1. The zero-order valence-electron chi connectivity index (χ0n) is 15.0. The van der Waals surface area contributed by atoms with Crippen molar-refractivity contribution in [3.63, 3.8) is 0 Å². The SMILES string of the molecule is COC(=S)OC1=C(c2c(C)cc(Cl)cc2C)C(=O)C2CC(C)CCC12. The number of carbonyl (C=O) groups excluding carboxylic acids is 1. The van der Waals surface area contributed by atoms with E-state index in [1.807, 2.05) is 26.0 Å². The number of ketones is 1. The molecule has 3 atom stereocenters. The standard InChI is InChI=1S/C20H23ClO3S/c1-10-5-6-14-15(7-10)18(22)17(19(14)24-20(25)23-4)16-11(2)8-13(21)9-12(16)3/h8-10,14-15H,5-7H2,1-4H3. The molecule has 0 heterocycles. The molecule has 25 heavy (non-hydrogen) atoms. The number of carbonyl (C=O) groups is 1. The lowest BCUT2D eigenvalue weighted by molar-refractivity contribution is -0.118. The van der Waals surface area contributed by atoms with Crippen LogP contribution in [0.25, 0.3) is 5.57 Å². The van der Waals surface area contributed by atoms with Crippen molar-refractivity contribution in [3.05, 3.63) is 39.6 Å². The van der Waals surface area contributed by atoms with E-state index < -0.39 is 0 Å². The molecular weight excluding hydrogens is 356 g/mol. The normalized spacial score (nSPS) is 25.8. The molecule has 1 saturated carbocycles. The zero-order chi connectivity index (χ0) is 18.3. The van der Waals surface area contributed by atoms with E-state index in [0.29, 0.717) is 22.3 Å². The molecule has 0 radical (unpaired) electrons. The first-order valence-corrected chi connectivity index (χ1v) is 9.43. The molecule has 0 spiro atoms. The molecule has 5 heteroatoms. The van der Waals surface area contributed by atoms with Crippen LogP contribution in [0.3, 0.4) is 0 Å². The van der Waals surface area contributed by atoms with Crippen LogP contribution in [-0.2, 0) is 14.3 Å². The van der Waals surface area contributed by atoms with Crippen molar-refractivity contribution >= 4 is 40.4 Å². The molecule has 0 amide bonds. The molecule has 0 saturated heterocycles. The number of thiocarbonyl (C=S) groups is 1. The van der Waals surface area contributed by atoms with Gasteiger partial charge in [0.05, 0.1) is 12.7 Å². The maximum absolute atomic E-state index is 13.3. The van der Waals surface area contributed by atoms with Gasteiger partial charge in [-0.3, -0.25) is 4.79 Å². The second-order valence-corrected chi connectivity index (χ2v) is 7.98. The van der Waals surface area contributed by atoms with Crippen LogP contribution < -0.4 is 0 Å². The Morgan fingerprint density at radius 1 is 1.20 bits per heavy atom. The maximum Gasteiger partial charge on any atom is 0.357 e. The molecule has 0 aromatic heterocycles. The molecule has 3 unspecified atom stereocenters. The third-order valence-corrected chi connectivity index (χ3v) is 5.85. The Labute approximate surface area is 159 Å². The Balaban J connectivity index is 2.16. The number of Topliss-reactive ketones (excluding diaryl/α,β-unsaturated/α-hetero) is 1. The van der Waals surface area contributed by atoms with Crippen molar-refractivity contribution in [2.24, 2.45) is 17.8 Å². The average molecular weight is 379 g/mol. The third-order valence-electron chi connectivity index (χ3n) is 5.39. The minimum Gasteiger partial charge on any atom is -0.460 e. The summed E-state index contributed by atoms with van der Waals surface area (Å²) in [5.74, 6) is 1.46. The van der Waals surface area contributed by atoms with Gasteiger partial charge in [-0.15, -0.1) is 0 Å². The van der Waals surface area contributed by atoms with Gasteiger partial charge in [-0.25, -0.2) is 0 Å². The summed E-state index contributed by atoms with van der Waals surface area (Å²) in [4.78, 5) is 13.3. The third kappa shape index (κ3) is 3.34. The number of benzene rings is 1. The van der Waals surface area contributed by atoms with Crippen LogP contribution >= 0.6 is 23.8 Å². The number of fused-ring (bicyclic) bond motifs is 1. The Kier molecular flexibility index (Phi) is 5.21. The molecule has 1 aromatic rings. The summed E-state index contributed by atoms with van der Waals surface area (Å²) < 4.78 is 10.9. The summed E-state index contributed by atoms with van der Waals surface area (Å²) in [5.41, 5.74) is 3.54. The summed E-state index contributed by atoms with van der Waals surface area (Å²) in [5, 5.41) is 0.731. The lowest BCUT2D eigenvalue weighted by atomic mass is 9.75. The zero-order valence-corrected chi connectivity index (χ0v) is 16.6. The Morgan fingerprint density at radius 2 is 1.84 bits per heavy atom. The second-order valence-electron chi connectivity index (χ2n) is 7.21. The smallest absolute Gasteiger partial charge is 0.357 e. The predicted molar refractivity (Wildman–Crippen MR) is 104 cm³/mol. The first-order chi connectivity index (χ1) is 11.8. The molecule has 2 aliphatic carbocycles. The lowest BCUT2D eigenvalue weighted by Gasteiger charge is -2.29. The summed E-state index contributed by atoms with van der Waals surface area (Å²) in [6, 6.07) is 3.78. The van der Waals surface area contributed by atoms with Gasteiger partial charge in [0.15, 0.2) is 5.78 Å². The molecule has 2 aliphatic rings. The summed E-state index contributed by atoms with van der Waals surface area (Å²) in [6.45, 7) is 6.16. The summed E-state index contributed by atoms with van der Waals surface area (Å²) in [6.07, 6.45) is 2.92. The first-order valence-electron chi connectivity index (χ1n) is 8.64. The number of aryl methyl sites for hydroxylation is 2. The van der Waals surface area contributed by atoms with E-state index in [2.05, 4.69) is 6.92 Å². The number of halogens is 1. The van der Waals surface area contributed by atoms with Crippen molar-refractivity contribution in [2.75, 3.05) is 7.11 Å². The molecule has 3 rings (SSSR count). The van der Waals surface area contributed by atoms with Crippen molar-refractivity contribution in [1.29, 1.82) is 0 Å². The van der Waals surface area contributed by atoms with Crippen molar-refractivity contribution in [3.8, 4) is 0 Å². The van der Waals surface area contributed by atoms with E-state index in [4.69, 9.17) is 33.3 Å². The fourth-order valence-electron chi connectivity index (χ4n) is 4.29. The molecule has 0 N–H and O–H groups in total. The highest BCUT2D eigenvalue weighted by Gasteiger charge is 2.47. The van der Waals surface area contributed by atoms with E-state index in [-0.39, 0.29) is 22.9 Å². The highest BCUT2D eigenvalue weighted by atomic mass is 35.5. The molecule has 3 nitrogen and oxygen atoms in total. The van der Waals surface area contributed by atoms with E-state index in [0.717, 1.165) is 36.0 Å². The van der Waals surface area contributed by atoms with Crippen molar-refractivity contribution in [2.45, 2.75) is 40.0 Å². The monoisotopic (exact) mass is 378 g/mol. The molecule has 1 aromatic carbocycles. The van der Waals surface area contributed by atoms with Crippen LogP contribution in [0.15, 0.2) is 17.9 Å². The topological polar surface area (TPSA) is 35.5 Å². The van der Waals surface area contributed by atoms with Crippen LogP contribution in [0.2, 0.25) is 5.02 Å². The molecule has 0 aliphatic heterocycles. The number of hydrogen-bond acceptors (Lipinski definition) is 4. The molecule has 0 bridgehead atoms. The maximum atomic E-state index is 13.3. The van der Waals surface area contributed by atoms with Gasteiger partial charge < -0.3 is 9.47 Å². The largest absolute Gasteiger partial charge is 0.460 e. The molecule has 134 valence electrons. The highest BCUT2D eigenvalue weighted by molar-refractivity contribution is 7.79. The van der Waals surface area contributed by atoms with Crippen LogP contribution in [0, 0.1) is 31.6 Å². The Bertz CT molecular complexity index is 745. The number of allylic oxidation sites excluding steroid dienone is 2. The average Bonchev–Trinajstić information content (AvgIpc) is 2.79. The number of rotatable bonds is 2. The quantitative estimate of drug-likeness (QED) is 0.658. The van der Waals surface area contributed by atoms with Crippen molar-refractivity contribution < 1.29 is 14.3 Å². The van der Waals surface area contributed by atoms with E-state index in [1.165, 1.54) is 7.11 Å². The van der Waals surface area contributed by atoms with Gasteiger partial charge in [0.1, 0.15) is 5.76 Å². The van der Waals surface area contributed by atoms with E-state index in [1.54, 1.807) is 0 Å².